The van der Waals surface area contributed by atoms with E-state index in [1.54, 1.807) is 11.6 Å². The van der Waals surface area contributed by atoms with Crippen LogP contribution in [0.15, 0.2) is 54.6 Å². The highest BCUT2D eigenvalue weighted by molar-refractivity contribution is 6.03. The molecule has 0 spiro atoms. The molecule has 188 valence electrons. The first kappa shape index (κ1) is 25.2. The molecule has 0 saturated carbocycles. The Bertz CT molecular complexity index is 1290. The van der Waals surface area contributed by atoms with Crippen LogP contribution in [-0.2, 0) is 20.5 Å². The Morgan fingerprint density at radius 2 is 1.86 bits per heavy atom. The van der Waals surface area contributed by atoms with Gasteiger partial charge in [-0.3, -0.25) is 9.59 Å². The molecular formula is C26H25F3N4O3. The Labute approximate surface area is 206 Å². The first-order valence-electron chi connectivity index (χ1n) is 11.4. The zero-order chi connectivity index (χ0) is 25.9. The van der Waals surface area contributed by atoms with Crippen molar-refractivity contribution >= 4 is 29.3 Å². The van der Waals surface area contributed by atoms with Gasteiger partial charge in [0.1, 0.15) is 6.10 Å². The molecule has 2 N–H and O–H groups in total. The lowest BCUT2D eigenvalue weighted by atomic mass is 10.1. The highest BCUT2D eigenvalue weighted by atomic mass is 19.4. The van der Waals surface area contributed by atoms with Gasteiger partial charge in [0.05, 0.1) is 22.6 Å². The predicted octanol–water partition coefficient (Wildman–Crippen LogP) is 5.28. The number of hydrogen-bond acceptors (Lipinski definition) is 4. The molecule has 7 nitrogen and oxygen atoms in total. The van der Waals surface area contributed by atoms with Crippen LogP contribution in [0.2, 0.25) is 0 Å². The lowest BCUT2D eigenvalue weighted by molar-refractivity contribution is -0.137. The summed E-state index contributed by atoms with van der Waals surface area (Å²) in [6, 6.07) is 12.7. The fourth-order valence-corrected chi connectivity index (χ4v) is 4.02. The molecule has 1 aliphatic rings. The number of amides is 2. The van der Waals surface area contributed by atoms with Gasteiger partial charge < -0.3 is 15.4 Å². The summed E-state index contributed by atoms with van der Waals surface area (Å²) in [5.74, 6) is -1.23. The predicted molar refractivity (Wildman–Crippen MR) is 130 cm³/mol. The van der Waals surface area contributed by atoms with Crippen LogP contribution in [0.5, 0.6) is 0 Å². The van der Waals surface area contributed by atoms with E-state index in [0.29, 0.717) is 24.3 Å². The van der Waals surface area contributed by atoms with Crippen molar-refractivity contribution in [1.82, 2.24) is 9.78 Å². The van der Waals surface area contributed by atoms with Gasteiger partial charge in [0.2, 0.25) is 5.91 Å². The number of benzene rings is 2. The zero-order valence-corrected chi connectivity index (χ0v) is 19.7. The molecule has 36 heavy (non-hydrogen) atoms. The third-order valence-corrected chi connectivity index (χ3v) is 5.82. The summed E-state index contributed by atoms with van der Waals surface area (Å²) in [6.07, 6.45) is -1.50. The topological polar surface area (TPSA) is 85.3 Å². The van der Waals surface area contributed by atoms with Crippen LogP contribution in [0.25, 0.3) is 11.8 Å². The van der Waals surface area contributed by atoms with E-state index in [1.165, 1.54) is 18.2 Å². The summed E-state index contributed by atoms with van der Waals surface area (Å²) in [4.78, 5) is 24.7. The van der Waals surface area contributed by atoms with E-state index in [0.717, 1.165) is 29.9 Å². The van der Waals surface area contributed by atoms with Gasteiger partial charge in [0, 0.05) is 29.6 Å². The second-order valence-electron chi connectivity index (χ2n) is 8.40. The van der Waals surface area contributed by atoms with E-state index in [2.05, 4.69) is 15.7 Å². The average molecular weight is 499 g/mol. The minimum absolute atomic E-state index is 0.0315. The Morgan fingerprint density at radius 1 is 1.11 bits per heavy atom. The SMILES string of the molecule is Cc1nn(-c2ccccc2)c(C)c1/C=C/C(=O)Nc1ccc(NC(=O)C2CCCO2)cc1C(F)(F)F. The van der Waals surface area contributed by atoms with Gasteiger partial charge in [-0.1, -0.05) is 18.2 Å². The quantitative estimate of drug-likeness (QED) is 0.453. The zero-order valence-electron chi connectivity index (χ0n) is 19.7. The van der Waals surface area contributed by atoms with Crippen molar-refractivity contribution in [3.05, 3.63) is 77.1 Å². The number of carbonyl (C=O) groups excluding carboxylic acids is 2. The summed E-state index contributed by atoms with van der Waals surface area (Å²) in [7, 11) is 0. The number of hydrogen-bond donors (Lipinski definition) is 2. The van der Waals surface area contributed by atoms with Crippen LogP contribution < -0.4 is 10.6 Å². The highest BCUT2D eigenvalue weighted by Crippen LogP contribution is 2.37. The highest BCUT2D eigenvalue weighted by Gasteiger charge is 2.34. The van der Waals surface area contributed by atoms with Crippen molar-refractivity contribution in [3.63, 3.8) is 0 Å². The summed E-state index contributed by atoms with van der Waals surface area (Å²) < 4.78 is 48.2. The number of aromatic nitrogens is 2. The number of ether oxygens (including phenoxy) is 1. The lowest BCUT2D eigenvalue weighted by Crippen LogP contribution is -2.27. The maximum absolute atomic E-state index is 13.7. The molecule has 1 atom stereocenters. The number of rotatable bonds is 6. The lowest BCUT2D eigenvalue weighted by Gasteiger charge is -2.16. The first-order chi connectivity index (χ1) is 17.1. The summed E-state index contributed by atoms with van der Waals surface area (Å²) in [6.45, 7) is 4.07. The molecule has 0 bridgehead atoms. The second kappa shape index (κ2) is 10.4. The number of para-hydroxylation sites is 1. The van der Waals surface area contributed by atoms with Crippen LogP contribution in [0.4, 0.5) is 24.5 Å². The van der Waals surface area contributed by atoms with Crippen LogP contribution >= 0.6 is 0 Å². The number of carbonyl (C=O) groups is 2. The second-order valence-corrected chi connectivity index (χ2v) is 8.40. The summed E-state index contributed by atoms with van der Waals surface area (Å²) >= 11 is 0. The standard InChI is InChI=1S/C26H25F3N4O3/c1-16-20(17(2)33(32-16)19-7-4-3-5-8-19)11-13-24(34)31-22-12-10-18(15-21(22)26(27,28)29)30-25(35)23-9-6-14-36-23/h3-5,7-8,10-13,15,23H,6,9,14H2,1-2H3,(H,30,35)(H,31,34)/b13-11+. The average Bonchev–Trinajstić information content (AvgIpc) is 3.47. The van der Waals surface area contributed by atoms with Crippen LogP contribution in [-0.4, -0.2) is 34.3 Å². The number of nitrogens with one attached hydrogen (secondary N) is 2. The molecule has 2 amide bonds. The first-order valence-corrected chi connectivity index (χ1v) is 11.4. The van der Waals surface area contributed by atoms with Gasteiger partial charge in [0.15, 0.2) is 0 Å². The number of nitrogens with zero attached hydrogens (tertiary/aromatic N) is 2. The molecule has 10 heteroatoms. The fourth-order valence-electron chi connectivity index (χ4n) is 4.02. The smallest absolute Gasteiger partial charge is 0.368 e. The molecule has 1 unspecified atom stereocenters. The largest absolute Gasteiger partial charge is 0.418 e. The maximum Gasteiger partial charge on any atom is 0.418 e. The van der Waals surface area contributed by atoms with Gasteiger partial charge in [-0.25, -0.2) is 4.68 Å². The minimum Gasteiger partial charge on any atom is -0.368 e. The van der Waals surface area contributed by atoms with Gasteiger partial charge in [-0.2, -0.15) is 18.3 Å². The fraction of sp³-hybridized carbons (Fsp3) is 0.269. The third kappa shape index (κ3) is 5.65. The van der Waals surface area contributed by atoms with Crippen molar-refractivity contribution < 1.29 is 27.5 Å². The maximum atomic E-state index is 13.7. The van der Waals surface area contributed by atoms with E-state index in [4.69, 9.17) is 4.74 Å². The van der Waals surface area contributed by atoms with Crippen LogP contribution in [0.3, 0.4) is 0 Å². The Balaban J connectivity index is 1.51. The minimum atomic E-state index is -4.75. The molecule has 2 heterocycles. The molecule has 0 radical (unpaired) electrons. The molecule has 1 fully saturated rings. The number of halogens is 3. The Hall–Kier alpha value is -3.92. The number of anilines is 2. The number of aryl methyl sites for hydroxylation is 1. The molecular weight excluding hydrogens is 473 g/mol. The van der Waals surface area contributed by atoms with E-state index in [1.807, 2.05) is 37.3 Å². The molecule has 0 aliphatic carbocycles. The molecule has 1 aliphatic heterocycles. The van der Waals surface area contributed by atoms with Gasteiger partial charge in [0.25, 0.3) is 5.91 Å². The summed E-state index contributed by atoms with van der Waals surface area (Å²) in [5.41, 5.74) is 1.48. The summed E-state index contributed by atoms with van der Waals surface area (Å²) in [5, 5.41) is 9.23. The van der Waals surface area contributed by atoms with E-state index in [9.17, 15) is 22.8 Å². The number of alkyl halides is 3. The van der Waals surface area contributed by atoms with Crippen LogP contribution in [0, 0.1) is 13.8 Å². The van der Waals surface area contributed by atoms with E-state index >= 15 is 0 Å². The third-order valence-electron chi connectivity index (χ3n) is 5.82. The van der Waals surface area contributed by atoms with Gasteiger partial charge in [-0.05, 0) is 63.1 Å². The van der Waals surface area contributed by atoms with Crippen molar-refractivity contribution in [2.45, 2.75) is 39.0 Å². The van der Waals surface area contributed by atoms with E-state index in [-0.39, 0.29) is 5.69 Å². The molecule has 4 rings (SSSR count). The van der Waals surface area contributed by atoms with Gasteiger partial charge in [-0.15, -0.1) is 0 Å². The van der Waals surface area contributed by atoms with E-state index < -0.39 is 35.3 Å². The molecule has 2 aromatic carbocycles. The normalized spacial score (nSPS) is 15.9. The van der Waals surface area contributed by atoms with Crippen molar-refractivity contribution in [2.75, 3.05) is 17.2 Å². The Morgan fingerprint density at radius 3 is 2.53 bits per heavy atom. The van der Waals surface area contributed by atoms with Crippen LogP contribution in [0.1, 0.15) is 35.4 Å². The van der Waals surface area contributed by atoms with Crippen molar-refractivity contribution in [1.29, 1.82) is 0 Å². The monoisotopic (exact) mass is 498 g/mol. The Kier molecular flexibility index (Phi) is 7.25. The van der Waals surface area contributed by atoms with Crippen molar-refractivity contribution in [2.24, 2.45) is 0 Å². The molecule has 1 saturated heterocycles. The molecule has 1 aromatic heterocycles. The molecule has 3 aromatic rings. The van der Waals surface area contributed by atoms with Crippen molar-refractivity contribution in [3.8, 4) is 5.69 Å². The van der Waals surface area contributed by atoms with Gasteiger partial charge >= 0.3 is 6.18 Å².